The Kier molecular flexibility index (Phi) is 5.34. The van der Waals surface area contributed by atoms with E-state index in [2.05, 4.69) is 4.72 Å². The second kappa shape index (κ2) is 7.93. The number of rotatable bonds is 6. The Morgan fingerprint density at radius 2 is 1.66 bits per heavy atom. The van der Waals surface area contributed by atoms with E-state index in [1.165, 1.54) is 11.8 Å². The lowest BCUT2D eigenvalue weighted by Gasteiger charge is -2.14. The van der Waals surface area contributed by atoms with Gasteiger partial charge in [0.2, 0.25) is 10.0 Å². The number of fused-ring (bicyclic) bond motifs is 1. The summed E-state index contributed by atoms with van der Waals surface area (Å²) in [6.45, 7) is 0. The molecule has 0 saturated carbocycles. The second-order valence-electron chi connectivity index (χ2n) is 6.78. The number of ketones is 1. The molecule has 1 aliphatic rings. The van der Waals surface area contributed by atoms with E-state index in [4.69, 9.17) is 4.74 Å². The number of sulfonamides is 1. The molecule has 3 aromatic rings. The first-order chi connectivity index (χ1) is 13.9. The Balaban J connectivity index is 1.68. The lowest BCUT2D eigenvalue weighted by Crippen LogP contribution is -2.11. The van der Waals surface area contributed by atoms with E-state index in [1.807, 2.05) is 48.5 Å². The van der Waals surface area contributed by atoms with E-state index in [0.717, 1.165) is 16.7 Å². The zero-order valence-corrected chi connectivity index (χ0v) is 17.3. The molecule has 7 heteroatoms. The summed E-state index contributed by atoms with van der Waals surface area (Å²) in [7, 11) is -3.51. The van der Waals surface area contributed by atoms with Crippen LogP contribution >= 0.6 is 11.8 Å². The molecule has 148 valence electrons. The molecule has 0 amide bonds. The van der Waals surface area contributed by atoms with Crippen molar-refractivity contribution in [3.8, 4) is 11.5 Å². The van der Waals surface area contributed by atoms with Crippen LogP contribution in [-0.2, 0) is 16.4 Å². The van der Waals surface area contributed by atoms with Crippen molar-refractivity contribution in [1.82, 2.24) is 0 Å². The van der Waals surface area contributed by atoms with Crippen LogP contribution in [-0.4, -0.2) is 25.7 Å². The van der Waals surface area contributed by atoms with Crippen LogP contribution in [0.5, 0.6) is 11.5 Å². The summed E-state index contributed by atoms with van der Waals surface area (Å²) in [4.78, 5) is 14.0. The van der Waals surface area contributed by atoms with Gasteiger partial charge in [-0.05, 0) is 48.4 Å². The molecule has 29 heavy (non-hydrogen) atoms. The standard InChI is InChI=1S/C22H19NO4S2/c1-29(25,26)23-19-12-15-13-21(28-17-10-6-3-7-11-17)22(24)18(15)14-20(19)27-16-8-4-2-5-9-16/h2-12,14,21,23H,13H2,1H3. The molecule has 0 aliphatic heterocycles. The highest BCUT2D eigenvalue weighted by Crippen LogP contribution is 2.40. The Labute approximate surface area is 174 Å². The first kappa shape index (κ1) is 19.5. The number of anilines is 1. The van der Waals surface area contributed by atoms with Crippen LogP contribution in [0.3, 0.4) is 0 Å². The summed E-state index contributed by atoms with van der Waals surface area (Å²) in [5, 5.41) is -0.245. The lowest BCUT2D eigenvalue weighted by atomic mass is 10.1. The molecular formula is C22H19NO4S2. The largest absolute Gasteiger partial charge is 0.455 e. The number of thioether (sulfide) groups is 1. The van der Waals surface area contributed by atoms with Crippen LogP contribution in [0.2, 0.25) is 0 Å². The first-order valence-corrected chi connectivity index (χ1v) is 11.8. The molecule has 3 aromatic carbocycles. The minimum absolute atomic E-state index is 0.0256. The molecule has 0 radical (unpaired) electrons. The molecule has 0 bridgehead atoms. The fourth-order valence-electron chi connectivity index (χ4n) is 3.23. The fraction of sp³-hybridized carbons (Fsp3) is 0.136. The van der Waals surface area contributed by atoms with E-state index in [1.54, 1.807) is 24.3 Å². The summed E-state index contributed by atoms with van der Waals surface area (Å²) in [5.41, 5.74) is 1.71. The van der Waals surface area contributed by atoms with Crippen molar-refractivity contribution in [2.45, 2.75) is 16.6 Å². The summed E-state index contributed by atoms with van der Waals surface area (Å²) in [5.74, 6) is 0.890. The minimum atomic E-state index is -3.51. The number of carbonyl (C=O) groups is 1. The Morgan fingerprint density at radius 3 is 2.31 bits per heavy atom. The van der Waals surface area contributed by atoms with Crippen molar-refractivity contribution in [3.05, 3.63) is 83.9 Å². The third-order valence-electron chi connectivity index (χ3n) is 4.46. The summed E-state index contributed by atoms with van der Waals surface area (Å²) >= 11 is 1.52. The number of Topliss-reactive ketones (excluding diaryl/α,β-unsaturated/α-hetero) is 1. The number of hydrogen-bond acceptors (Lipinski definition) is 5. The molecule has 0 fully saturated rings. The zero-order chi connectivity index (χ0) is 20.4. The van der Waals surface area contributed by atoms with Gasteiger partial charge in [0.05, 0.1) is 17.2 Å². The smallest absolute Gasteiger partial charge is 0.229 e. The molecule has 0 aromatic heterocycles. The quantitative estimate of drug-likeness (QED) is 0.617. The normalized spacial score (nSPS) is 15.8. The van der Waals surface area contributed by atoms with Crippen molar-refractivity contribution in [2.24, 2.45) is 0 Å². The monoisotopic (exact) mass is 425 g/mol. The van der Waals surface area contributed by atoms with Crippen LogP contribution in [0, 0.1) is 0 Å². The van der Waals surface area contributed by atoms with Crippen molar-refractivity contribution in [2.75, 3.05) is 11.0 Å². The average Bonchev–Trinajstić information content (AvgIpc) is 2.97. The van der Waals surface area contributed by atoms with Gasteiger partial charge < -0.3 is 4.74 Å². The molecule has 5 nitrogen and oxygen atoms in total. The van der Waals surface area contributed by atoms with Crippen molar-refractivity contribution in [1.29, 1.82) is 0 Å². The van der Waals surface area contributed by atoms with Gasteiger partial charge in [-0.25, -0.2) is 8.42 Å². The van der Waals surface area contributed by atoms with Gasteiger partial charge >= 0.3 is 0 Å². The Morgan fingerprint density at radius 1 is 1.00 bits per heavy atom. The predicted molar refractivity (Wildman–Crippen MR) is 116 cm³/mol. The van der Waals surface area contributed by atoms with Gasteiger partial charge in [0, 0.05) is 10.5 Å². The molecular weight excluding hydrogens is 406 g/mol. The van der Waals surface area contributed by atoms with Crippen LogP contribution in [0.1, 0.15) is 15.9 Å². The third kappa shape index (κ3) is 4.63. The average molecular weight is 426 g/mol. The zero-order valence-electron chi connectivity index (χ0n) is 15.7. The van der Waals surface area contributed by atoms with Crippen molar-refractivity contribution >= 4 is 33.3 Å². The van der Waals surface area contributed by atoms with Crippen LogP contribution in [0.4, 0.5) is 5.69 Å². The topological polar surface area (TPSA) is 72.5 Å². The molecule has 1 aliphatic carbocycles. The van der Waals surface area contributed by atoms with Gasteiger partial charge in [0.1, 0.15) is 5.75 Å². The Bertz CT molecular complexity index is 1150. The molecule has 1 unspecified atom stereocenters. The summed E-state index contributed by atoms with van der Waals surface area (Å²) < 4.78 is 32.1. The maximum absolute atomic E-state index is 13.0. The number of para-hydroxylation sites is 1. The van der Waals surface area contributed by atoms with E-state index in [0.29, 0.717) is 29.2 Å². The predicted octanol–water partition coefficient (Wildman–Crippen LogP) is 4.75. The second-order valence-corrected chi connectivity index (χ2v) is 9.81. The van der Waals surface area contributed by atoms with E-state index in [9.17, 15) is 13.2 Å². The maximum Gasteiger partial charge on any atom is 0.229 e. The molecule has 1 N–H and O–H groups in total. The fourth-order valence-corrected chi connectivity index (χ4v) is 4.93. The van der Waals surface area contributed by atoms with Gasteiger partial charge in [0.25, 0.3) is 0 Å². The SMILES string of the molecule is CS(=O)(=O)Nc1cc2c(cc1Oc1ccccc1)C(=O)C(Sc1ccccc1)C2. The van der Waals surface area contributed by atoms with E-state index >= 15 is 0 Å². The molecule has 4 rings (SSSR count). The van der Waals surface area contributed by atoms with Crippen LogP contribution in [0.15, 0.2) is 77.7 Å². The number of benzene rings is 3. The number of hydrogen-bond donors (Lipinski definition) is 1. The number of carbonyl (C=O) groups excluding carboxylic acids is 1. The lowest BCUT2D eigenvalue weighted by molar-refractivity contribution is 0.1000. The highest BCUT2D eigenvalue weighted by Gasteiger charge is 2.33. The van der Waals surface area contributed by atoms with Gasteiger partial charge in [-0.1, -0.05) is 36.4 Å². The van der Waals surface area contributed by atoms with E-state index in [-0.39, 0.29) is 11.0 Å². The first-order valence-electron chi connectivity index (χ1n) is 9.02. The van der Waals surface area contributed by atoms with E-state index < -0.39 is 10.0 Å². The van der Waals surface area contributed by atoms with Crippen LogP contribution in [0.25, 0.3) is 0 Å². The molecule has 1 atom stereocenters. The highest BCUT2D eigenvalue weighted by molar-refractivity contribution is 8.00. The van der Waals surface area contributed by atoms with Gasteiger partial charge in [0.15, 0.2) is 11.5 Å². The molecule has 0 heterocycles. The third-order valence-corrected chi connectivity index (χ3v) is 6.26. The number of ether oxygens (including phenoxy) is 1. The number of nitrogens with one attached hydrogen (secondary N) is 1. The minimum Gasteiger partial charge on any atom is -0.455 e. The van der Waals surface area contributed by atoms with Gasteiger partial charge in [-0.3, -0.25) is 9.52 Å². The van der Waals surface area contributed by atoms with Crippen molar-refractivity contribution < 1.29 is 17.9 Å². The summed E-state index contributed by atoms with van der Waals surface area (Å²) in [6.07, 6.45) is 1.63. The van der Waals surface area contributed by atoms with Crippen LogP contribution < -0.4 is 9.46 Å². The molecule has 0 spiro atoms. The highest BCUT2D eigenvalue weighted by atomic mass is 32.2. The van der Waals surface area contributed by atoms with Crippen molar-refractivity contribution in [3.63, 3.8) is 0 Å². The Hall–Kier alpha value is -2.77. The molecule has 0 saturated heterocycles. The van der Waals surface area contributed by atoms with Gasteiger partial charge in [-0.2, -0.15) is 0 Å². The maximum atomic E-state index is 13.0. The summed E-state index contributed by atoms with van der Waals surface area (Å²) in [6, 6.07) is 22.2. The van der Waals surface area contributed by atoms with Gasteiger partial charge in [-0.15, -0.1) is 11.8 Å².